The van der Waals surface area contributed by atoms with Crippen LogP contribution >= 0.6 is 11.6 Å². The lowest BCUT2D eigenvalue weighted by atomic mass is 10.1. The van der Waals surface area contributed by atoms with Crippen molar-refractivity contribution in [3.05, 3.63) is 64.2 Å². The molecule has 0 saturated heterocycles. The predicted octanol–water partition coefficient (Wildman–Crippen LogP) is 3.52. The molecule has 2 aromatic carbocycles. The quantitative estimate of drug-likeness (QED) is 0.902. The van der Waals surface area contributed by atoms with Gasteiger partial charge in [0.15, 0.2) is 0 Å². The third-order valence-corrected chi connectivity index (χ3v) is 3.09. The van der Waals surface area contributed by atoms with E-state index in [9.17, 15) is 4.79 Å². The van der Waals surface area contributed by atoms with Crippen molar-refractivity contribution < 1.29 is 9.90 Å². The van der Waals surface area contributed by atoms with Gasteiger partial charge in [-0.05, 0) is 35.9 Å². The first-order valence-corrected chi connectivity index (χ1v) is 6.23. The standard InChI is InChI=1S/C15H11ClN2O2/c16-13-7-11(8-17)3-6-14(13)18-9-10-1-4-12(5-2-10)15(19)20/h1-7,18H,9H2,(H,19,20). The normalized spacial score (nSPS) is 9.80. The number of hydrogen-bond acceptors (Lipinski definition) is 3. The number of nitriles is 1. The van der Waals surface area contributed by atoms with Gasteiger partial charge < -0.3 is 10.4 Å². The maximum atomic E-state index is 10.7. The average molecular weight is 287 g/mol. The van der Waals surface area contributed by atoms with Crippen LogP contribution in [-0.4, -0.2) is 11.1 Å². The molecule has 0 aliphatic rings. The minimum atomic E-state index is -0.945. The van der Waals surface area contributed by atoms with E-state index in [-0.39, 0.29) is 5.56 Å². The van der Waals surface area contributed by atoms with E-state index in [4.69, 9.17) is 22.0 Å². The summed E-state index contributed by atoms with van der Waals surface area (Å²) >= 11 is 6.05. The molecule has 0 unspecified atom stereocenters. The first kappa shape index (κ1) is 13.9. The number of benzene rings is 2. The van der Waals surface area contributed by atoms with Crippen LogP contribution < -0.4 is 5.32 Å². The Morgan fingerprint density at radius 3 is 2.50 bits per heavy atom. The zero-order valence-corrected chi connectivity index (χ0v) is 11.2. The van der Waals surface area contributed by atoms with Gasteiger partial charge in [-0.15, -0.1) is 0 Å². The van der Waals surface area contributed by atoms with Crippen LogP contribution in [-0.2, 0) is 6.54 Å². The molecule has 0 fully saturated rings. The van der Waals surface area contributed by atoms with Gasteiger partial charge in [-0.1, -0.05) is 23.7 Å². The third-order valence-electron chi connectivity index (χ3n) is 2.78. The van der Waals surface area contributed by atoms with Crippen LogP contribution in [0.4, 0.5) is 5.69 Å². The molecule has 0 radical (unpaired) electrons. The molecule has 0 heterocycles. The van der Waals surface area contributed by atoms with Crippen LogP contribution in [0.3, 0.4) is 0 Å². The number of halogens is 1. The summed E-state index contributed by atoms with van der Waals surface area (Å²) in [5, 5.41) is 21.2. The van der Waals surface area contributed by atoms with Gasteiger partial charge >= 0.3 is 5.97 Å². The lowest BCUT2D eigenvalue weighted by molar-refractivity contribution is 0.0697. The monoisotopic (exact) mass is 286 g/mol. The molecule has 4 nitrogen and oxygen atoms in total. The Kier molecular flexibility index (Phi) is 4.24. The van der Waals surface area contributed by atoms with E-state index in [2.05, 4.69) is 5.32 Å². The van der Waals surface area contributed by atoms with Crippen LogP contribution in [0.5, 0.6) is 0 Å². The molecule has 5 heteroatoms. The molecule has 0 spiro atoms. The van der Waals surface area contributed by atoms with Crippen molar-refractivity contribution in [1.29, 1.82) is 5.26 Å². The lowest BCUT2D eigenvalue weighted by Gasteiger charge is -2.09. The molecule has 0 aliphatic carbocycles. The van der Waals surface area contributed by atoms with Gasteiger partial charge in [0.2, 0.25) is 0 Å². The minimum absolute atomic E-state index is 0.255. The van der Waals surface area contributed by atoms with Crippen molar-refractivity contribution >= 4 is 23.3 Å². The summed E-state index contributed by atoms with van der Waals surface area (Å²) in [5.41, 5.74) is 2.43. The van der Waals surface area contributed by atoms with Crippen molar-refractivity contribution in [3.8, 4) is 6.07 Å². The van der Waals surface area contributed by atoms with Crippen LogP contribution in [0.2, 0.25) is 5.02 Å². The van der Waals surface area contributed by atoms with Crippen molar-refractivity contribution in [2.75, 3.05) is 5.32 Å². The summed E-state index contributed by atoms with van der Waals surface area (Å²) in [7, 11) is 0. The van der Waals surface area contributed by atoms with Crippen LogP contribution in [0.1, 0.15) is 21.5 Å². The second kappa shape index (κ2) is 6.09. The molecule has 20 heavy (non-hydrogen) atoms. The molecule has 0 saturated carbocycles. The summed E-state index contributed by atoms with van der Waals surface area (Å²) < 4.78 is 0. The summed E-state index contributed by atoms with van der Waals surface area (Å²) in [6, 6.07) is 13.6. The zero-order valence-electron chi connectivity index (χ0n) is 10.4. The topological polar surface area (TPSA) is 73.1 Å². The number of carboxylic acids is 1. The summed E-state index contributed by atoms with van der Waals surface area (Å²) in [6.45, 7) is 0.519. The predicted molar refractivity (Wildman–Crippen MR) is 76.9 cm³/mol. The number of carboxylic acid groups (broad SMARTS) is 1. The van der Waals surface area contributed by atoms with Crippen LogP contribution in [0, 0.1) is 11.3 Å². The lowest BCUT2D eigenvalue weighted by Crippen LogP contribution is -2.01. The minimum Gasteiger partial charge on any atom is -0.478 e. The van der Waals surface area contributed by atoms with E-state index in [0.29, 0.717) is 17.1 Å². The number of hydrogen-bond donors (Lipinski definition) is 2. The molecular formula is C15H11ClN2O2. The van der Waals surface area contributed by atoms with E-state index in [1.807, 2.05) is 6.07 Å². The fourth-order valence-corrected chi connectivity index (χ4v) is 1.94. The highest BCUT2D eigenvalue weighted by Gasteiger charge is 2.04. The molecule has 0 atom stereocenters. The number of aromatic carboxylic acids is 1. The Hall–Kier alpha value is -2.51. The summed E-state index contributed by atoms with van der Waals surface area (Å²) in [5.74, 6) is -0.945. The highest BCUT2D eigenvalue weighted by molar-refractivity contribution is 6.33. The second-order valence-electron chi connectivity index (χ2n) is 4.16. The molecule has 0 bridgehead atoms. The van der Waals surface area contributed by atoms with E-state index in [0.717, 1.165) is 11.3 Å². The number of anilines is 1. The highest BCUT2D eigenvalue weighted by atomic mass is 35.5. The number of nitrogens with one attached hydrogen (secondary N) is 1. The summed E-state index contributed by atoms with van der Waals surface area (Å²) in [6.07, 6.45) is 0. The molecule has 0 aromatic heterocycles. The first-order valence-electron chi connectivity index (χ1n) is 5.86. The fraction of sp³-hybridized carbons (Fsp3) is 0.0667. The highest BCUT2D eigenvalue weighted by Crippen LogP contribution is 2.23. The Bertz CT molecular complexity index is 675. The van der Waals surface area contributed by atoms with Gasteiger partial charge in [0, 0.05) is 6.54 Å². The molecule has 2 N–H and O–H groups in total. The van der Waals surface area contributed by atoms with E-state index in [1.54, 1.807) is 42.5 Å². The SMILES string of the molecule is N#Cc1ccc(NCc2ccc(C(=O)O)cc2)c(Cl)c1. The van der Waals surface area contributed by atoms with Crippen molar-refractivity contribution in [2.45, 2.75) is 6.54 Å². The van der Waals surface area contributed by atoms with Gasteiger partial charge in [-0.25, -0.2) is 4.79 Å². The molecule has 100 valence electrons. The fourth-order valence-electron chi connectivity index (χ4n) is 1.69. The van der Waals surface area contributed by atoms with Crippen molar-refractivity contribution in [1.82, 2.24) is 0 Å². The van der Waals surface area contributed by atoms with Crippen molar-refractivity contribution in [2.24, 2.45) is 0 Å². The maximum absolute atomic E-state index is 10.7. The van der Waals surface area contributed by atoms with Gasteiger partial charge in [0.25, 0.3) is 0 Å². The van der Waals surface area contributed by atoms with E-state index >= 15 is 0 Å². The van der Waals surface area contributed by atoms with Gasteiger partial charge in [0.05, 0.1) is 27.9 Å². The Balaban J connectivity index is 2.05. The van der Waals surface area contributed by atoms with Crippen LogP contribution in [0.25, 0.3) is 0 Å². The van der Waals surface area contributed by atoms with Gasteiger partial charge in [-0.3, -0.25) is 0 Å². The first-order chi connectivity index (χ1) is 9.60. The zero-order chi connectivity index (χ0) is 14.5. The second-order valence-corrected chi connectivity index (χ2v) is 4.57. The third kappa shape index (κ3) is 3.28. The maximum Gasteiger partial charge on any atom is 0.335 e. The molecule has 2 aromatic rings. The Morgan fingerprint density at radius 1 is 1.25 bits per heavy atom. The van der Waals surface area contributed by atoms with Gasteiger partial charge in [0.1, 0.15) is 0 Å². The smallest absolute Gasteiger partial charge is 0.335 e. The molecule has 2 rings (SSSR count). The largest absolute Gasteiger partial charge is 0.478 e. The number of rotatable bonds is 4. The van der Waals surface area contributed by atoms with Crippen LogP contribution in [0.15, 0.2) is 42.5 Å². The van der Waals surface area contributed by atoms with E-state index < -0.39 is 5.97 Å². The summed E-state index contributed by atoms with van der Waals surface area (Å²) in [4.78, 5) is 10.7. The molecule has 0 aliphatic heterocycles. The van der Waals surface area contributed by atoms with Crippen molar-refractivity contribution in [3.63, 3.8) is 0 Å². The average Bonchev–Trinajstić information content (AvgIpc) is 2.46. The number of carbonyl (C=O) groups is 1. The Morgan fingerprint density at radius 2 is 1.95 bits per heavy atom. The number of nitrogens with zero attached hydrogens (tertiary/aromatic N) is 1. The Labute approximate surface area is 121 Å². The van der Waals surface area contributed by atoms with E-state index in [1.165, 1.54) is 0 Å². The molecular weight excluding hydrogens is 276 g/mol. The molecule has 0 amide bonds. The van der Waals surface area contributed by atoms with Gasteiger partial charge in [-0.2, -0.15) is 5.26 Å².